The molecule has 32 heavy (non-hydrogen) atoms. The molecule has 1 amide bonds. The molecule has 1 fully saturated rings. The molecule has 0 radical (unpaired) electrons. The van der Waals surface area contributed by atoms with Crippen LogP contribution in [0.1, 0.15) is 42.9 Å². The molecule has 0 unspecified atom stereocenters. The number of carbonyl (C=O) groups excluding carboxylic acids is 1. The fourth-order valence-corrected chi connectivity index (χ4v) is 4.89. The van der Waals surface area contributed by atoms with Crippen molar-refractivity contribution in [2.45, 2.75) is 31.7 Å². The van der Waals surface area contributed by atoms with Crippen molar-refractivity contribution in [3.63, 3.8) is 0 Å². The summed E-state index contributed by atoms with van der Waals surface area (Å²) in [5, 5.41) is 9.03. The lowest BCUT2D eigenvalue weighted by Crippen LogP contribution is -3.13. The highest BCUT2D eigenvalue weighted by Crippen LogP contribution is 2.34. The molecule has 0 saturated carbocycles. The predicted molar refractivity (Wildman–Crippen MR) is 127 cm³/mol. The molecule has 1 atom stereocenters. The van der Waals surface area contributed by atoms with E-state index >= 15 is 0 Å². The minimum absolute atomic E-state index is 0.0842. The lowest BCUT2D eigenvalue weighted by molar-refractivity contribution is -0.897. The van der Waals surface area contributed by atoms with Gasteiger partial charge in [-0.1, -0.05) is 48.5 Å². The molecule has 0 aliphatic carbocycles. The van der Waals surface area contributed by atoms with Gasteiger partial charge in [-0.25, -0.2) is 5.01 Å². The zero-order valence-corrected chi connectivity index (χ0v) is 18.6. The summed E-state index contributed by atoms with van der Waals surface area (Å²) >= 11 is 0. The van der Waals surface area contributed by atoms with E-state index in [0.717, 1.165) is 35.7 Å². The summed E-state index contributed by atoms with van der Waals surface area (Å²) in [5.41, 5.74) is 3.15. The first kappa shape index (κ1) is 20.7. The third-order valence-electron chi connectivity index (χ3n) is 6.71. The van der Waals surface area contributed by atoms with Crippen LogP contribution in [0.15, 0.2) is 71.8 Å². The molecule has 0 aromatic heterocycles. The van der Waals surface area contributed by atoms with Gasteiger partial charge in [-0.15, -0.1) is 0 Å². The minimum Gasteiger partial charge on any atom is -0.497 e. The van der Waals surface area contributed by atoms with Crippen LogP contribution in [-0.4, -0.2) is 43.4 Å². The van der Waals surface area contributed by atoms with Crippen LogP contribution < -0.4 is 9.64 Å². The van der Waals surface area contributed by atoms with Crippen LogP contribution in [0.2, 0.25) is 0 Å². The van der Waals surface area contributed by atoms with Crippen molar-refractivity contribution >= 4 is 22.4 Å². The summed E-state index contributed by atoms with van der Waals surface area (Å²) < 4.78 is 5.33. The van der Waals surface area contributed by atoms with Gasteiger partial charge in [0.1, 0.15) is 5.75 Å². The molecule has 5 rings (SSSR count). The van der Waals surface area contributed by atoms with Gasteiger partial charge in [-0.05, 0) is 59.4 Å². The van der Waals surface area contributed by atoms with E-state index in [1.165, 1.54) is 34.9 Å². The minimum atomic E-state index is -0.0842. The molecule has 164 valence electrons. The molecule has 0 spiro atoms. The normalized spacial score (nSPS) is 19.2. The van der Waals surface area contributed by atoms with Crippen LogP contribution in [0, 0.1) is 0 Å². The van der Waals surface area contributed by atoms with Crippen LogP contribution in [0.3, 0.4) is 0 Å². The zero-order valence-electron chi connectivity index (χ0n) is 18.6. The number of carbonyl (C=O) groups is 1. The maximum Gasteiger partial charge on any atom is 0.298 e. The number of nitrogens with zero attached hydrogens (tertiary/aromatic N) is 2. The molecule has 2 heterocycles. The second-order valence-electron chi connectivity index (χ2n) is 8.83. The highest BCUT2D eigenvalue weighted by atomic mass is 16.5. The smallest absolute Gasteiger partial charge is 0.298 e. The van der Waals surface area contributed by atoms with E-state index < -0.39 is 0 Å². The van der Waals surface area contributed by atoms with E-state index in [0.29, 0.717) is 13.0 Å². The van der Waals surface area contributed by atoms with E-state index in [-0.39, 0.29) is 11.9 Å². The van der Waals surface area contributed by atoms with Crippen LogP contribution >= 0.6 is 0 Å². The molecular weight excluding hydrogens is 398 g/mol. The van der Waals surface area contributed by atoms with Gasteiger partial charge >= 0.3 is 0 Å². The Morgan fingerprint density at radius 1 is 1.00 bits per heavy atom. The van der Waals surface area contributed by atoms with E-state index in [2.05, 4.69) is 54.6 Å². The molecule has 0 bridgehead atoms. The Balaban J connectivity index is 1.45. The number of hydrogen-bond donors (Lipinski definition) is 1. The Bertz CT molecular complexity index is 1130. The largest absolute Gasteiger partial charge is 0.497 e. The van der Waals surface area contributed by atoms with Crippen molar-refractivity contribution in [1.82, 2.24) is 5.01 Å². The first-order chi connectivity index (χ1) is 15.7. The standard InChI is InChI=1S/C27H29N3O2/c1-32-24-13-11-21(12-14-24)26-18-25(23-10-9-20-7-3-4-8-22(20)17-23)28-30(26)27(31)19-29-15-5-2-6-16-29/h3-4,7-14,17,26H,2,5-6,15-16,18-19H2,1H3/p+1/t26-/m0/s1. The number of likely N-dealkylation sites (tertiary alicyclic amines) is 1. The fraction of sp³-hybridized carbons (Fsp3) is 0.333. The third kappa shape index (κ3) is 4.26. The van der Waals surface area contributed by atoms with E-state index in [9.17, 15) is 4.79 Å². The number of nitrogens with one attached hydrogen (secondary N) is 1. The monoisotopic (exact) mass is 428 g/mol. The SMILES string of the molecule is COc1ccc([C@@H]2CC(c3ccc4ccccc4c3)=NN2C(=O)C[NH+]2CCCCC2)cc1. The van der Waals surface area contributed by atoms with Crippen LogP contribution in [0.5, 0.6) is 5.75 Å². The number of methoxy groups -OCH3 is 1. The van der Waals surface area contributed by atoms with Crippen molar-refractivity contribution in [2.75, 3.05) is 26.7 Å². The van der Waals surface area contributed by atoms with E-state index in [1.807, 2.05) is 12.1 Å². The van der Waals surface area contributed by atoms with Crippen molar-refractivity contribution in [1.29, 1.82) is 0 Å². The molecule has 5 nitrogen and oxygen atoms in total. The second-order valence-corrected chi connectivity index (χ2v) is 8.83. The number of piperidine rings is 1. The van der Waals surface area contributed by atoms with Gasteiger partial charge in [0.2, 0.25) is 0 Å². The number of rotatable bonds is 5. The maximum atomic E-state index is 13.4. The highest BCUT2D eigenvalue weighted by Gasteiger charge is 2.35. The van der Waals surface area contributed by atoms with Crippen LogP contribution in [0.25, 0.3) is 10.8 Å². The van der Waals surface area contributed by atoms with Crippen molar-refractivity contribution in [3.8, 4) is 5.75 Å². The molecule has 5 heteroatoms. The Morgan fingerprint density at radius 3 is 2.50 bits per heavy atom. The Labute approximate surface area is 189 Å². The molecule has 2 aliphatic rings. The second kappa shape index (κ2) is 9.13. The number of benzene rings is 3. The summed E-state index contributed by atoms with van der Waals surface area (Å²) in [6.45, 7) is 2.67. The molecule has 1 N–H and O–H groups in total. The van der Waals surface area contributed by atoms with E-state index in [1.54, 1.807) is 12.1 Å². The van der Waals surface area contributed by atoms with Gasteiger partial charge in [-0.3, -0.25) is 4.79 Å². The number of amides is 1. The number of quaternary nitrogens is 1. The van der Waals surface area contributed by atoms with Gasteiger partial charge in [0.05, 0.1) is 32.0 Å². The van der Waals surface area contributed by atoms with Gasteiger partial charge in [0, 0.05) is 6.42 Å². The number of hydrazone groups is 1. The third-order valence-corrected chi connectivity index (χ3v) is 6.71. The molecule has 3 aromatic carbocycles. The summed E-state index contributed by atoms with van der Waals surface area (Å²) in [6.07, 6.45) is 4.40. The van der Waals surface area contributed by atoms with Gasteiger partial charge in [-0.2, -0.15) is 5.10 Å². The molecule has 1 saturated heterocycles. The quantitative estimate of drug-likeness (QED) is 0.675. The van der Waals surface area contributed by atoms with Crippen molar-refractivity contribution < 1.29 is 14.4 Å². The van der Waals surface area contributed by atoms with Crippen LogP contribution in [-0.2, 0) is 4.79 Å². The van der Waals surface area contributed by atoms with E-state index in [4.69, 9.17) is 9.84 Å². The lowest BCUT2D eigenvalue weighted by atomic mass is 9.97. The zero-order chi connectivity index (χ0) is 21.9. The van der Waals surface area contributed by atoms with Gasteiger partial charge in [0.25, 0.3) is 5.91 Å². The first-order valence-corrected chi connectivity index (χ1v) is 11.6. The lowest BCUT2D eigenvalue weighted by Gasteiger charge is -2.27. The van der Waals surface area contributed by atoms with Crippen molar-refractivity contribution in [2.24, 2.45) is 5.10 Å². The predicted octanol–water partition coefficient (Wildman–Crippen LogP) is 3.59. The number of ether oxygens (including phenoxy) is 1. The summed E-state index contributed by atoms with van der Waals surface area (Å²) in [4.78, 5) is 14.8. The van der Waals surface area contributed by atoms with Crippen LogP contribution in [0.4, 0.5) is 0 Å². The molecule has 3 aromatic rings. The summed E-state index contributed by atoms with van der Waals surface area (Å²) in [7, 11) is 1.67. The topological polar surface area (TPSA) is 46.3 Å². The maximum absolute atomic E-state index is 13.4. The fourth-order valence-electron chi connectivity index (χ4n) is 4.89. The average molecular weight is 429 g/mol. The summed E-state index contributed by atoms with van der Waals surface area (Å²) in [5.74, 6) is 0.927. The van der Waals surface area contributed by atoms with Crippen molar-refractivity contribution in [3.05, 3.63) is 77.9 Å². The highest BCUT2D eigenvalue weighted by molar-refractivity contribution is 6.05. The number of hydrogen-bond acceptors (Lipinski definition) is 3. The number of fused-ring (bicyclic) bond motifs is 1. The first-order valence-electron chi connectivity index (χ1n) is 11.6. The van der Waals surface area contributed by atoms with Gasteiger partial charge < -0.3 is 9.64 Å². The summed E-state index contributed by atoms with van der Waals surface area (Å²) in [6, 6.07) is 22.7. The average Bonchev–Trinajstić information content (AvgIpc) is 3.30. The Hall–Kier alpha value is -3.18. The Morgan fingerprint density at radius 2 is 1.75 bits per heavy atom. The Kier molecular flexibility index (Phi) is 5.91. The van der Waals surface area contributed by atoms with Gasteiger partial charge in [0.15, 0.2) is 6.54 Å². The molecule has 2 aliphatic heterocycles. The molecular formula is C27H30N3O2+.